The Balaban J connectivity index is 2.04. The average Bonchev–Trinajstić information content (AvgIpc) is 2.37. The third-order valence-corrected chi connectivity index (χ3v) is 3.21. The van der Waals surface area contributed by atoms with Crippen LogP contribution in [-0.4, -0.2) is 22.5 Å². The highest BCUT2D eigenvalue weighted by molar-refractivity contribution is 7.98. The van der Waals surface area contributed by atoms with Gasteiger partial charge in [0.2, 0.25) is 0 Å². The first kappa shape index (κ1) is 14.1. The fourth-order valence-electron chi connectivity index (χ4n) is 1.66. The van der Waals surface area contributed by atoms with Crippen LogP contribution in [0.25, 0.3) is 0 Å². The zero-order valence-corrected chi connectivity index (χ0v) is 11.6. The highest BCUT2D eigenvalue weighted by Gasteiger charge is 2.05. The summed E-state index contributed by atoms with van der Waals surface area (Å²) in [5, 5.41) is 23.9. The summed E-state index contributed by atoms with van der Waals surface area (Å²) < 4.78 is 0. The van der Waals surface area contributed by atoms with Crippen LogP contribution in [0.2, 0.25) is 0 Å². The highest BCUT2D eigenvalue weighted by atomic mass is 32.2. The zero-order chi connectivity index (χ0) is 14.5. The average molecular weight is 290 g/mol. The maximum absolute atomic E-state index is 11.8. The Morgan fingerprint density at radius 1 is 1.00 bits per heavy atom. The van der Waals surface area contributed by atoms with Gasteiger partial charge in [-0.2, -0.15) is 0 Å². The number of nitrogens with one attached hydrogen (secondary N) is 2. The van der Waals surface area contributed by atoms with E-state index in [9.17, 15) is 15.0 Å². The minimum atomic E-state index is -0.451. The fourth-order valence-corrected chi connectivity index (χ4v) is 2.12. The van der Waals surface area contributed by atoms with E-state index in [0.29, 0.717) is 11.4 Å². The van der Waals surface area contributed by atoms with Crippen LogP contribution in [0.3, 0.4) is 0 Å². The number of carbonyl (C=O) groups excluding carboxylic acids is 1. The monoisotopic (exact) mass is 290 g/mol. The fraction of sp³-hybridized carbons (Fsp3) is 0.0714. The summed E-state index contributed by atoms with van der Waals surface area (Å²) >= 11 is 1.58. The molecule has 0 saturated heterocycles. The van der Waals surface area contributed by atoms with Crippen LogP contribution in [0.5, 0.6) is 11.5 Å². The lowest BCUT2D eigenvalue weighted by Gasteiger charge is -2.09. The van der Waals surface area contributed by atoms with Gasteiger partial charge in [0, 0.05) is 34.5 Å². The molecule has 2 aromatic rings. The van der Waals surface area contributed by atoms with Crippen LogP contribution in [0, 0.1) is 0 Å². The second kappa shape index (κ2) is 6.21. The van der Waals surface area contributed by atoms with Gasteiger partial charge in [-0.25, -0.2) is 4.79 Å². The molecule has 0 fully saturated rings. The Hall–Kier alpha value is -2.34. The molecule has 0 heterocycles. The van der Waals surface area contributed by atoms with Crippen LogP contribution in [0.4, 0.5) is 16.2 Å². The maximum atomic E-state index is 11.8. The standard InChI is InChI=1S/C14H14N2O3S/c1-20-13-4-2-3-9(7-13)15-14(19)16-10-5-11(17)8-12(18)6-10/h2-8,17-18H,1H3,(H2,15,16,19). The van der Waals surface area contributed by atoms with Crippen molar-refractivity contribution in [3.63, 3.8) is 0 Å². The number of hydrogen-bond acceptors (Lipinski definition) is 4. The van der Waals surface area contributed by atoms with E-state index in [1.165, 1.54) is 18.2 Å². The molecule has 104 valence electrons. The lowest BCUT2D eigenvalue weighted by molar-refractivity contribution is 0.262. The molecule has 0 saturated carbocycles. The van der Waals surface area contributed by atoms with Gasteiger partial charge in [0.05, 0.1) is 0 Å². The van der Waals surface area contributed by atoms with Crippen molar-refractivity contribution in [3.05, 3.63) is 42.5 Å². The van der Waals surface area contributed by atoms with Crippen molar-refractivity contribution >= 4 is 29.2 Å². The molecule has 0 bridgehead atoms. The molecule has 0 spiro atoms. The van der Waals surface area contributed by atoms with Crippen LogP contribution in [0.1, 0.15) is 0 Å². The Labute approximate surface area is 120 Å². The van der Waals surface area contributed by atoms with Crippen LogP contribution in [0.15, 0.2) is 47.4 Å². The first-order chi connectivity index (χ1) is 9.56. The molecule has 0 aliphatic heterocycles. The summed E-state index contributed by atoms with van der Waals surface area (Å²) in [5.74, 6) is -0.241. The van der Waals surface area contributed by atoms with Gasteiger partial charge in [0.25, 0.3) is 0 Å². The third-order valence-electron chi connectivity index (χ3n) is 2.49. The van der Waals surface area contributed by atoms with E-state index < -0.39 is 6.03 Å². The number of benzene rings is 2. The van der Waals surface area contributed by atoms with Gasteiger partial charge in [0.15, 0.2) is 0 Å². The number of carbonyl (C=O) groups is 1. The van der Waals surface area contributed by atoms with Crippen LogP contribution in [-0.2, 0) is 0 Å². The minimum Gasteiger partial charge on any atom is -0.508 e. The lowest BCUT2D eigenvalue weighted by Crippen LogP contribution is -2.19. The molecule has 0 aliphatic rings. The summed E-state index contributed by atoms with van der Waals surface area (Å²) in [6, 6.07) is 10.8. The quantitative estimate of drug-likeness (QED) is 0.652. The maximum Gasteiger partial charge on any atom is 0.323 e. The highest BCUT2D eigenvalue weighted by Crippen LogP contribution is 2.24. The predicted molar refractivity (Wildman–Crippen MR) is 80.6 cm³/mol. The zero-order valence-electron chi connectivity index (χ0n) is 10.8. The molecule has 0 atom stereocenters. The number of phenolic OH excluding ortho intramolecular Hbond substituents is 2. The topological polar surface area (TPSA) is 81.6 Å². The molecule has 4 N–H and O–H groups in total. The number of urea groups is 1. The number of anilines is 2. The number of phenols is 2. The second-order valence-corrected chi connectivity index (χ2v) is 4.93. The van der Waals surface area contributed by atoms with Crippen molar-refractivity contribution in [2.75, 3.05) is 16.9 Å². The van der Waals surface area contributed by atoms with E-state index in [1.807, 2.05) is 24.5 Å². The molecule has 6 heteroatoms. The molecule has 0 unspecified atom stereocenters. The number of thioether (sulfide) groups is 1. The second-order valence-electron chi connectivity index (χ2n) is 4.05. The van der Waals surface area contributed by atoms with Gasteiger partial charge in [-0.3, -0.25) is 0 Å². The van der Waals surface area contributed by atoms with Crippen molar-refractivity contribution in [1.82, 2.24) is 0 Å². The van der Waals surface area contributed by atoms with Gasteiger partial charge in [-0.15, -0.1) is 11.8 Å². The van der Waals surface area contributed by atoms with E-state index >= 15 is 0 Å². The third kappa shape index (κ3) is 3.83. The molecule has 0 aliphatic carbocycles. The van der Waals surface area contributed by atoms with E-state index in [-0.39, 0.29) is 11.5 Å². The normalized spacial score (nSPS) is 10.1. The summed E-state index contributed by atoms with van der Waals surface area (Å²) in [7, 11) is 0. The van der Waals surface area contributed by atoms with Gasteiger partial charge in [0.1, 0.15) is 11.5 Å². The van der Waals surface area contributed by atoms with Crippen molar-refractivity contribution < 1.29 is 15.0 Å². The number of amides is 2. The van der Waals surface area contributed by atoms with Crippen LogP contribution < -0.4 is 10.6 Å². The number of hydrogen-bond donors (Lipinski definition) is 4. The molecular weight excluding hydrogens is 276 g/mol. The summed E-state index contributed by atoms with van der Waals surface area (Å²) in [6.45, 7) is 0. The summed E-state index contributed by atoms with van der Waals surface area (Å²) in [4.78, 5) is 12.9. The molecule has 2 aromatic carbocycles. The Kier molecular flexibility index (Phi) is 4.37. The van der Waals surface area contributed by atoms with Gasteiger partial charge < -0.3 is 20.8 Å². The lowest BCUT2D eigenvalue weighted by atomic mass is 10.3. The number of rotatable bonds is 3. The predicted octanol–water partition coefficient (Wildman–Crippen LogP) is 3.46. The van der Waals surface area contributed by atoms with Crippen LogP contribution >= 0.6 is 11.8 Å². The van der Waals surface area contributed by atoms with Crippen molar-refractivity contribution in [2.24, 2.45) is 0 Å². The molecule has 0 aromatic heterocycles. The van der Waals surface area contributed by atoms with Crippen molar-refractivity contribution in [1.29, 1.82) is 0 Å². The first-order valence-corrected chi connectivity index (χ1v) is 7.04. The molecule has 20 heavy (non-hydrogen) atoms. The van der Waals surface area contributed by atoms with Crippen molar-refractivity contribution in [3.8, 4) is 11.5 Å². The van der Waals surface area contributed by atoms with E-state index in [2.05, 4.69) is 10.6 Å². The number of aromatic hydroxyl groups is 2. The Morgan fingerprint density at radius 2 is 1.65 bits per heavy atom. The molecule has 2 amide bonds. The van der Waals surface area contributed by atoms with Gasteiger partial charge in [-0.1, -0.05) is 6.07 Å². The molecular formula is C14H14N2O3S. The molecule has 5 nitrogen and oxygen atoms in total. The largest absolute Gasteiger partial charge is 0.508 e. The van der Waals surface area contributed by atoms with E-state index in [4.69, 9.17) is 0 Å². The van der Waals surface area contributed by atoms with Gasteiger partial charge >= 0.3 is 6.03 Å². The Morgan fingerprint density at radius 3 is 2.30 bits per heavy atom. The smallest absolute Gasteiger partial charge is 0.323 e. The van der Waals surface area contributed by atoms with Gasteiger partial charge in [-0.05, 0) is 24.5 Å². The van der Waals surface area contributed by atoms with E-state index in [1.54, 1.807) is 17.8 Å². The molecule has 0 radical (unpaired) electrons. The minimum absolute atomic E-state index is 0.121. The van der Waals surface area contributed by atoms with Crippen molar-refractivity contribution in [2.45, 2.75) is 4.90 Å². The summed E-state index contributed by atoms with van der Waals surface area (Å²) in [6.07, 6.45) is 1.95. The van der Waals surface area contributed by atoms with E-state index in [0.717, 1.165) is 4.90 Å². The SMILES string of the molecule is CSc1cccc(NC(=O)Nc2cc(O)cc(O)c2)c1. The summed E-state index contributed by atoms with van der Waals surface area (Å²) in [5.41, 5.74) is 0.972. The first-order valence-electron chi connectivity index (χ1n) is 5.82. The molecule has 2 rings (SSSR count). The Bertz CT molecular complexity index is 611.